The zero-order valence-corrected chi connectivity index (χ0v) is 13.2. The Hall–Kier alpha value is -0.910. The van der Waals surface area contributed by atoms with Gasteiger partial charge in [0.15, 0.2) is 0 Å². The van der Waals surface area contributed by atoms with E-state index in [-0.39, 0.29) is 18.1 Å². The van der Waals surface area contributed by atoms with Crippen LogP contribution < -0.4 is 5.32 Å². The Morgan fingerprint density at radius 2 is 2.10 bits per heavy atom. The first-order valence-electron chi connectivity index (χ1n) is 7.28. The van der Waals surface area contributed by atoms with Gasteiger partial charge >= 0.3 is 12.0 Å². The molecule has 1 aliphatic heterocycles. The molecule has 0 aromatic rings. The normalized spacial score (nSPS) is 37.8. The van der Waals surface area contributed by atoms with Gasteiger partial charge in [-0.1, -0.05) is 13.3 Å². The zero-order chi connectivity index (χ0) is 14.9. The van der Waals surface area contributed by atoms with Gasteiger partial charge in [-0.15, -0.1) is 0 Å². The van der Waals surface area contributed by atoms with Gasteiger partial charge in [0, 0.05) is 29.6 Å². The van der Waals surface area contributed by atoms with Crippen LogP contribution in [-0.2, 0) is 4.79 Å². The molecule has 2 aliphatic rings. The summed E-state index contributed by atoms with van der Waals surface area (Å²) in [6, 6.07) is -0.181. The van der Waals surface area contributed by atoms with Crippen LogP contribution in [0, 0.1) is 5.41 Å². The molecule has 1 aliphatic carbocycles. The molecule has 1 saturated heterocycles. The molecule has 0 bridgehead atoms. The molecule has 2 amide bonds. The highest BCUT2D eigenvalue weighted by atomic mass is 32.2. The zero-order valence-electron chi connectivity index (χ0n) is 12.4. The molecule has 1 saturated carbocycles. The standard InChI is InChI=1S/C14H24N2O3S/c1-9-10(2)20-8-7-16(9)13(19)15-11-5-4-6-14(11,3)12(17)18/h9-11H,4-8H2,1-3H3,(H,15,19)(H,17,18). The molecule has 2 N–H and O–H groups in total. The number of amides is 2. The summed E-state index contributed by atoms with van der Waals surface area (Å²) in [6.45, 7) is 6.66. The van der Waals surface area contributed by atoms with E-state index in [0.717, 1.165) is 25.1 Å². The molecule has 1 heterocycles. The quantitative estimate of drug-likeness (QED) is 0.820. The number of carbonyl (C=O) groups excluding carboxylic acids is 1. The summed E-state index contributed by atoms with van der Waals surface area (Å²) in [6.07, 6.45) is 2.24. The van der Waals surface area contributed by atoms with Crippen molar-refractivity contribution >= 4 is 23.8 Å². The minimum absolute atomic E-state index is 0.107. The molecule has 4 atom stereocenters. The molecule has 0 spiro atoms. The number of urea groups is 1. The van der Waals surface area contributed by atoms with Crippen molar-refractivity contribution in [2.45, 2.75) is 57.4 Å². The number of aliphatic carboxylic acids is 1. The molecular formula is C14H24N2O3S. The second kappa shape index (κ2) is 5.84. The van der Waals surface area contributed by atoms with E-state index in [1.165, 1.54) is 0 Å². The molecule has 4 unspecified atom stereocenters. The fraction of sp³-hybridized carbons (Fsp3) is 0.857. The van der Waals surface area contributed by atoms with Crippen LogP contribution in [0.2, 0.25) is 0 Å². The van der Waals surface area contributed by atoms with Crippen LogP contribution in [0.3, 0.4) is 0 Å². The second-order valence-corrected chi connectivity index (χ2v) is 7.61. The Morgan fingerprint density at radius 3 is 2.75 bits per heavy atom. The van der Waals surface area contributed by atoms with Crippen LogP contribution in [0.15, 0.2) is 0 Å². The van der Waals surface area contributed by atoms with Crippen molar-refractivity contribution in [3.05, 3.63) is 0 Å². The van der Waals surface area contributed by atoms with E-state index in [1.807, 2.05) is 16.7 Å². The maximum Gasteiger partial charge on any atom is 0.317 e. The molecule has 114 valence electrons. The summed E-state index contributed by atoms with van der Waals surface area (Å²) in [7, 11) is 0. The van der Waals surface area contributed by atoms with Gasteiger partial charge < -0.3 is 15.3 Å². The average molecular weight is 300 g/mol. The van der Waals surface area contributed by atoms with Crippen LogP contribution in [0.1, 0.15) is 40.0 Å². The van der Waals surface area contributed by atoms with Crippen LogP contribution in [-0.4, -0.2) is 51.6 Å². The van der Waals surface area contributed by atoms with Gasteiger partial charge in [0.25, 0.3) is 0 Å². The van der Waals surface area contributed by atoms with E-state index >= 15 is 0 Å². The maximum absolute atomic E-state index is 12.4. The molecule has 2 rings (SSSR count). The molecule has 0 radical (unpaired) electrons. The smallest absolute Gasteiger partial charge is 0.317 e. The minimum Gasteiger partial charge on any atom is -0.481 e. The SMILES string of the molecule is CC1SCCN(C(=O)NC2CCCC2(C)C(=O)O)C1C. The van der Waals surface area contributed by atoms with Crippen molar-refractivity contribution in [2.24, 2.45) is 5.41 Å². The highest BCUT2D eigenvalue weighted by Crippen LogP contribution is 2.38. The molecule has 0 aromatic carbocycles. The van der Waals surface area contributed by atoms with Gasteiger partial charge in [-0.05, 0) is 26.7 Å². The topological polar surface area (TPSA) is 69.6 Å². The van der Waals surface area contributed by atoms with E-state index in [1.54, 1.807) is 6.92 Å². The van der Waals surface area contributed by atoms with Crippen molar-refractivity contribution < 1.29 is 14.7 Å². The predicted octanol–water partition coefficient (Wildman–Crippen LogP) is 2.17. The average Bonchev–Trinajstić information content (AvgIpc) is 2.75. The van der Waals surface area contributed by atoms with Gasteiger partial charge in [0.05, 0.1) is 5.41 Å². The summed E-state index contributed by atoms with van der Waals surface area (Å²) in [5.41, 5.74) is -0.824. The first kappa shape index (κ1) is 15.5. The van der Waals surface area contributed by atoms with E-state index in [9.17, 15) is 14.7 Å². The van der Waals surface area contributed by atoms with Gasteiger partial charge in [0.2, 0.25) is 0 Å². The van der Waals surface area contributed by atoms with Crippen molar-refractivity contribution in [1.82, 2.24) is 10.2 Å². The van der Waals surface area contributed by atoms with Gasteiger partial charge in [-0.3, -0.25) is 4.79 Å². The lowest BCUT2D eigenvalue weighted by Gasteiger charge is -2.39. The van der Waals surface area contributed by atoms with Crippen LogP contribution >= 0.6 is 11.8 Å². The number of rotatable bonds is 2. The number of hydrogen-bond acceptors (Lipinski definition) is 3. The van der Waals surface area contributed by atoms with E-state index in [4.69, 9.17) is 0 Å². The molecule has 0 aromatic heterocycles. The predicted molar refractivity (Wildman–Crippen MR) is 80.0 cm³/mol. The number of carbonyl (C=O) groups is 2. The third-order valence-electron chi connectivity index (χ3n) is 4.89. The Kier molecular flexibility index (Phi) is 4.52. The van der Waals surface area contributed by atoms with Gasteiger partial charge in [-0.25, -0.2) is 4.79 Å². The Labute approximate surface area is 124 Å². The lowest BCUT2D eigenvalue weighted by Crippen LogP contribution is -2.56. The van der Waals surface area contributed by atoms with Crippen LogP contribution in [0.5, 0.6) is 0 Å². The first-order chi connectivity index (χ1) is 9.36. The highest BCUT2D eigenvalue weighted by molar-refractivity contribution is 8.00. The summed E-state index contributed by atoms with van der Waals surface area (Å²) in [5, 5.41) is 12.8. The van der Waals surface area contributed by atoms with E-state index in [2.05, 4.69) is 19.2 Å². The monoisotopic (exact) mass is 300 g/mol. The number of nitrogens with one attached hydrogen (secondary N) is 1. The van der Waals surface area contributed by atoms with E-state index in [0.29, 0.717) is 11.7 Å². The summed E-state index contributed by atoms with van der Waals surface area (Å²) >= 11 is 1.88. The number of hydrogen-bond donors (Lipinski definition) is 2. The number of nitrogens with zero attached hydrogens (tertiary/aromatic N) is 1. The fourth-order valence-corrected chi connectivity index (χ4v) is 4.20. The van der Waals surface area contributed by atoms with Crippen LogP contribution in [0.25, 0.3) is 0 Å². The minimum atomic E-state index is -0.824. The van der Waals surface area contributed by atoms with Crippen molar-refractivity contribution in [3.63, 3.8) is 0 Å². The number of carboxylic acids is 1. The molecular weight excluding hydrogens is 276 g/mol. The highest BCUT2D eigenvalue weighted by Gasteiger charge is 2.46. The molecule has 20 heavy (non-hydrogen) atoms. The fourth-order valence-electron chi connectivity index (χ4n) is 3.11. The summed E-state index contributed by atoms with van der Waals surface area (Å²) < 4.78 is 0. The van der Waals surface area contributed by atoms with Crippen molar-refractivity contribution in [1.29, 1.82) is 0 Å². The Bertz CT molecular complexity index is 404. The third-order valence-corrected chi connectivity index (χ3v) is 6.23. The van der Waals surface area contributed by atoms with E-state index < -0.39 is 11.4 Å². The lowest BCUT2D eigenvalue weighted by atomic mass is 9.85. The second-order valence-electron chi connectivity index (χ2n) is 6.13. The van der Waals surface area contributed by atoms with Gasteiger partial charge in [0.1, 0.15) is 0 Å². The van der Waals surface area contributed by atoms with Crippen molar-refractivity contribution in [3.8, 4) is 0 Å². The van der Waals surface area contributed by atoms with Crippen molar-refractivity contribution in [2.75, 3.05) is 12.3 Å². The number of thioether (sulfide) groups is 1. The first-order valence-corrected chi connectivity index (χ1v) is 8.33. The molecule has 2 fully saturated rings. The lowest BCUT2D eigenvalue weighted by molar-refractivity contribution is -0.148. The maximum atomic E-state index is 12.4. The van der Waals surface area contributed by atoms with Gasteiger partial charge in [-0.2, -0.15) is 11.8 Å². The Morgan fingerprint density at radius 1 is 1.40 bits per heavy atom. The molecule has 6 heteroatoms. The number of carboxylic acid groups (broad SMARTS) is 1. The summed E-state index contributed by atoms with van der Waals surface area (Å²) in [5.74, 6) is 0.135. The third kappa shape index (κ3) is 2.75. The summed E-state index contributed by atoms with van der Waals surface area (Å²) in [4.78, 5) is 25.7. The Balaban J connectivity index is 2.02. The molecule has 5 nitrogen and oxygen atoms in total. The van der Waals surface area contributed by atoms with Crippen LogP contribution in [0.4, 0.5) is 4.79 Å². The largest absolute Gasteiger partial charge is 0.481 e.